The molecule has 0 radical (unpaired) electrons. The Balaban J connectivity index is 1.78. The van der Waals surface area contributed by atoms with Crippen LogP contribution in [0, 0.1) is 12.3 Å². The fourth-order valence-corrected chi connectivity index (χ4v) is 3.74. The summed E-state index contributed by atoms with van der Waals surface area (Å²) in [7, 11) is 2.19. The number of fused-ring (bicyclic) bond motifs is 1. The summed E-state index contributed by atoms with van der Waals surface area (Å²) in [6.45, 7) is 8.00. The molecule has 1 atom stereocenters. The normalized spacial score (nSPS) is 21.7. The number of nitrogens with zero attached hydrogens (tertiary/aromatic N) is 1. The molecule has 1 aromatic carbocycles. The summed E-state index contributed by atoms with van der Waals surface area (Å²) in [4.78, 5) is 0. The SMILES string of the molecule is Cc1c(CNC2CCC(C)(C)C2)n(C)c2ccccc12. The monoisotopic (exact) mass is 270 g/mol. The van der Waals surface area contributed by atoms with Gasteiger partial charge in [-0.3, -0.25) is 0 Å². The summed E-state index contributed by atoms with van der Waals surface area (Å²) in [5.74, 6) is 0. The van der Waals surface area contributed by atoms with Gasteiger partial charge in [0.05, 0.1) is 0 Å². The lowest BCUT2D eigenvalue weighted by Gasteiger charge is -2.18. The number of nitrogens with one attached hydrogen (secondary N) is 1. The second kappa shape index (κ2) is 4.92. The third-order valence-electron chi connectivity index (χ3n) is 5.03. The summed E-state index contributed by atoms with van der Waals surface area (Å²) in [6.07, 6.45) is 3.96. The Kier molecular flexibility index (Phi) is 3.37. The molecule has 2 heteroatoms. The van der Waals surface area contributed by atoms with Crippen molar-refractivity contribution in [2.75, 3.05) is 0 Å². The van der Waals surface area contributed by atoms with Gasteiger partial charge in [0, 0.05) is 36.2 Å². The van der Waals surface area contributed by atoms with Crippen molar-refractivity contribution in [1.82, 2.24) is 9.88 Å². The van der Waals surface area contributed by atoms with Gasteiger partial charge in [0.1, 0.15) is 0 Å². The van der Waals surface area contributed by atoms with Gasteiger partial charge in [-0.05, 0) is 43.2 Å². The third-order valence-corrected chi connectivity index (χ3v) is 5.03. The van der Waals surface area contributed by atoms with Gasteiger partial charge in [-0.15, -0.1) is 0 Å². The van der Waals surface area contributed by atoms with Crippen LogP contribution in [0.2, 0.25) is 0 Å². The van der Waals surface area contributed by atoms with Crippen LogP contribution in [0.25, 0.3) is 10.9 Å². The Bertz CT molecular complexity index is 583. The predicted molar refractivity (Wildman–Crippen MR) is 85.9 cm³/mol. The minimum Gasteiger partial charge on any atom is -0.346 e. The molecule has 0 aliphatic heterocycles. The fraction of sp³-hybridized carbons (Fsp3) is 0.556. The summed E-state index contributed by atoms with van der Waals surface area (Å²) >= 11 is 0. The largest absolute Gasteiger partial charge is 0.346 e. The Labute approximate surface area is 122 Å². The molecular weight excluding hydrogens is 244 g/mol. The van der Waals surface area contributed by atoms with Crippen LogP contribution < -0.4 is 5.32 Å². The van der Waals surface area contributed by atoms with E-state index in [2.05, 4.69) is 62.0 Å². The first-order valence-corrected chi connectivity index (χ1v) is 7.74. The maximum absolute atomic E-state index is 3.78. The quantitative estimate of drug-likeness (QED) is 0.886. The first kappa shape index (κ1) is 13.7. The van der Waals surface area contributed by atoms with Crippen molar-refractivity contribution in [3.63, 3.8) is 0 Å². The maximum atomic E-state index is 3.78. The van der Waals surface area contributed by atoms with Gasteiger partial charge >= 0.3 is 0 Å². The van der Waals surface area contributed by atoms with Crippen molar-refractivity contribution in [3.8, 4) is 0 Å². The van der Waals surface area contributed by atoms with Crippen molar-refractivity contribution in [3.05, 3.63) is 35.5 Å². The Morgan fingerprint density at radius 2 is 2.05 bits per heavy atom. The van der Waals surface area contributed by atoms with E-state index in [0.29, 0.717) is 11.5 Å². The average molecular weight is 270 g/mol. The van der Waals surface area contributed by atoms with Crippen LogP contribution in [0.15, 0.2) is 24.3 Å². The minimum atomic E-state index is 0.519. The Morgan fingerprint density at radius 1 is 1.30 bits per heavy atom. The minimum absolute atomic E-state index is 0.519. The number of para-hydroxylation sites is 1. The fourth-order valence-electron chi connectivity index (χ4n) is 3.74. The van der Waals surface area contributed by atoms with Crippen molar-refractivity contribution in [1.29, 1.82) is 0 Å². The lowest BCUT2D eigenvalue weighted by atomic mass is 9.92. The van der Waals surface area contributed by atoms with Crippen molar-refractivity contribution < 1.29 is 0 Å². The summed E-state index contributed by atoms with van der Waals surface area (Å²) < 4.78 is 2.35. The Morgan fingerprint density at radius 3 is 2.70 bits per heavy atom. The molecule has 0 saturated heterocycles. The van der Waals surface area contributed by atoms with Crippen LogP contribution in [-0.2, 0) is 13.6 Å². The van der Waals surface area contributed by atoms with E-state index >= 15 is 0 Å². The van der Waals surface area contributed by atoms with E-state index in [4.69, 9.17) is 0 Å². The zero-order valence-electron chi connectivity index (χ0n) is 13.2. The lowest BCUT2D eigenvalue weighted by molar-refractivity contribution is 0.363. The van der Waals surface area contributed by atoms with Crippen LogP contribution >= 0.6 is 0 Å². The molecule has 1 heterocycles. The predicted octanol–water partition coefficient (Wildman–Crippen LogP) is 4.16. The summed E-state index contributed by atoms with van der Waals surface area (Å²) in [6, 6.07) is 9.38. The number of rotatable bonds is 3. The van der Waals surface area contributed by atoms with Gasteiger partial charge in [-0.2, -0.15) is 0 Å². The summed E-state index contributed by atoms with van der Waals surface area (Å²) in [5.41, 5.74) is 4.71. The van der Waals surface area contributed by atoms with Crippen LogP contribution in [0.4, 0.5) is 0 Å². The van der Waals surface area contributed by atoms with Gasteiger partial charge in [-0.1, -0.05) is 32.0 Å². The third kappa shape index (κ3) is 2.37. The van der Waals surface area contributed by atoms with E-state index < -0.39 is 0 Å². The highest BCUT2D eigenvalue weighted by Gasteiger charge is 2.30. The molecule has 0 bridgehead atoms. The zero-order valence-corrected chi connectivity index (χ0v) is 13.2. The van der Waals surface area contributed by atoms with Crippen molar-refractivity contribution in [2.24, 2.45) is 12.5 Å². The standard InChI is InChI=1S/C18H26N2/c1-13-15-7-5-6-8-16(15)20(4)17(13)12-19-14-9-10-18(2,3)11-14/h5-8,14,19H,9-12H2,1-4H3. The number of hydrogen-bond acceptors (Lipinski definition) is 1. The highest BCUT2D eigenvalue weighted by molar-refractivity contribution is 5.85. The molecule has 3 rings (SSSR count). The van der Waals surface area contributed by atoms with Gasteiger partial charge in [-0.25, -0.2) is 0 Å². The van der Waals surface area contributed by atoms with Crippen molar-refractivity contribution >= 4 is 10.9 Å². The Hall–Kier alpha value is -1.28. The molecule has 0 spiro atoms. The van der Waals surface area contributed by atoms with E-state index in [0.717, 1.165) is 6.54 Å². The molecule has 1 aromatic heterocycles. The van der Waals surface area contributed by atoms with Gasteiger partial charge in [0.2, 0.25) is 0 Å². The van der Waals surface area contributed by atoms with E-state index in [1.54, 1.807) is 0 Å². The first-order valence-electron chi connectivity index (χ1n) is 7.74. The van der Waals surface area contributed by atoms with Crippen LogP contribution in [0.5, 0.6) is 0 Å². The van der Waals surface area contributed by atoms with E-state index in [-0.39, 0.29) is 0 Å². The topological polar surface area (TPSA) is 17.0 Å². The maximum Gasteiger partial charge on any atom is 0.0483 e. The number of aryl methyl sites for hydroxylation is 2. The molecule has 2 nitrogen and oxygen atoms in total. The highest BCUT2D eigenvalue weighted by atomic mass is 15.0. The van der Waals surface area contributed by atoms with E-state index in [9.17, 15) is 0 Å². The molecule has 20 heavy (non-hydrogen) atoms. The second-order valence-electron chi connectivity index (χ2n) is 7.13. The molecule has 1 aliphatic rings. The molecule has 1 N–H and O–H groups in total. The zero-order chi connectivity index (χ0) is 14.3. The second-order valence-corrected chi connectivity index (χ2v) is 7.13. The van der Waals surface area contributed by atoms with Gasteiger partial charge in [0.25, 0.3) is 0 Å². The number of benzene rings is 1. The summed E-state index contributed by atoms with van der Waals surface area (Å²) in [5, 5.41) is 5.16. The highest BCUT2D eigenvalue weighted by Crippen LogP contribution is 2.37. The van der Waals surface area contributed by atoms with Crippen LogP contribution in [0.1, 0.15) is 44.4 Å². The molecule has 1 unspecified atom stereocenters. The average Bonchev–Trinajstić information content (AvgIpc) is 2.88. The van der Waals surface area contributed by atoms with Gasteiger partial charge < -0.3 is 9.88 Å². The van der Waals surface area contributed by atoms with E-state index in [1.807, 2.05) is 0 Å². The van der Waals surface area contributed by atoms with Crippen molar-refractivity contribution in [2.45, 2.75) is 52.6 Å². The molecule has 2 aromatic rings. The molecule has 108 valence electrons. The van der Waals surface area contributed by atoms with Crippen LogP contribution in [0.3, 0.4) is 0 Å². The molecule has 1 aliphatic carbocycles. The van der Waals surface area contributed by atoms with Gasteiger partial charge in [0.15, 0.2) is 0 Å². The molecule has 1 saturated carbocycles. The molecule has 0 amide bonds. The number of aromatic nitrogens is 1. The smallest absolute Gasteiger partial charge is 0.0483 e. The first-order chi connectivity index (χ1) is 9.48. The van der Waals surface area contributed by atoms with Crippen LogP contribution in [-0.4, -0.2) is 10.6 Å². The lowest BCUT2D eigenvalue weighted by Crippen LogP contribution is -2.28. The molecule has 1 fully saturated rings. The van der Waals surface area contributed by atoms with E-state index in [1.165, 1.54) is 41.4 Å². The number of hydrogen-bond donors (Lipinski definition) is 1. The molecular formula is C18H26N2.